The Bertz CT molecular complexity index is 845. The molecule has 2 fully saturated rings. The second kappa shape index (κ2) is 6.25. The van der Waals surface area contributed by atoms with Crippen LogP contribution in [-0.2, 0) is 11.4 Å². The number of anilines is 1. The van der Waals surface area contributed by atoms with Crippen LogP contribution >= 0.6 is 0 Å². The van der Waals surface area contributed by atoms with Gasteiger partial charge >= 0.3 is 0 Å². The molecule has 0 atom stereocenters. The number of pyridine rings is 1. The van der Waals surface area contributed by atoms with Crippen molar-refractivity contribution >= 4 is 22.4 Å². The molecule has 3 aliphatic rings. The summed E-state index contributed by atoms with van der Waals surface area (Å²) >= 11 is 0. The van der Waals surface area contributed by atoms with Crippen molar-refractivity contribution in [3.8, 4) is 0 Å². The molecule has 0 saturated heterocycles. The minimum atomic E-state index is -0.0656. The monoisotopic (exact) mass is 353 g/mol. The quantitative estimate of drug-likeness (QED) is 0.893. The molecule has 6 nitrogen and oxygen atoms in total. The zero-order valence-corrected chi connectivity index (χ0v) is 15.5. The summed E-state index contributed by atoms with van der Waals surface area (Å²) in [7, 11) is 0. The molecule has 0 aromatic carbocycles. The molecular weight excluding hydrogens is 326 g/mol. The van der Waals surface area contributed by atoms with E-state index >= 15 is 0 Å². The maximum Gasteiger partial charge on any atom is 0.159 e. The van der Waals surface area contributed by atoms with E-state index in [1.165, 1.54) is 38.5 Å². The van der Waals surface area contributed by atoms with E-state index in [4.69, 9.17) is 9.82 Å². The van der Waals surface area contributed by atoms with Gasteiger partial charge in [-0.05, 0) is 51.9 Å². The largest absolute Gasteiger partial charge is 0.389 e. The highest BCUT2D eigenvalue weighted by Gasteiger charge is 2.41. The van der Waals surface area contributed by atoms with Crippen LogP contribution in [0.5, 0.6) is 0 Å². The van der Waals surface area contributed by atoms with Gasteiger partial charge in [-0.25, -0.2) is 9.67 Å². The van der Waals surface area contributed by atoms with Gasteiger partial charge in [0.05, 0.1) is 23.0 Å². The minimum absolute atomic E-state index is 0.0656. The highest BCUT2D eigenvalue weighted by atomic mass is 16.7. The molecule has 2 aliphatic carbocycles. The molecule has 0 unspecified atom stereocenters. The fraction of sp³-hybridized carbons (Fsp3) is 0.650. The first kappa shape index (κ1) is 16.1. The van der Waals surface area contributed by atoms with Crippen LogP contribution in [0.4, 0.5) is 5.69 Å². The van der Waals surface area contributed by atoms with Crippen molar-refractivity contribution < 1.29 is 4.84 Å². The van der Waals surface area contributed by atoms with Gasteiger partial charge in [-0.15, -0.1) is 0 Å². The van der Waals surface area contributed by atoms with Gasteiger partial charge in [-0.2, -0.15) is 5.10 Å². The summed E-state index contributed by atoms with van der Waals surface area (Å²) < 4.78 is 1.96. The third-order valence-electron chi connectivity index (χ3n) is 6.33. The molecule has 6 heteroatoms. The SMILES string of the molecule is CCn1ncc2c(NC3CCC3)c(C3=NOC4(CCCCC4)C3)cnc21. The Hall–Kier alpha value is -2.11. The van der Waals surface area contributed by atoms with E-state index in [1.807, 2.05) is 17.1 Å². The summed E-state index contributed by atoms with van der Waals surface area (Å²) in [5.74, 6) is 0. The number of rotatable bonds is 4. The molecule has 5 rings (SSSR count). The van der Waals surface area contributed by atoms with Crippen molar-refractivity contribution in [2.24, 2.45) is 5.16 Å². The third kappa shape index (κ3) is 2.58. The standard InChI is InChI=1S/C20H27N5O/c1-2-25-19-16(13-22-25)18(23-14-7-6-8-14)15(12-21-19)17-11-20(26-24-17)9-4-3-5-10-20/h12-14H,2-11H2,1H3,(H,21,23). The number of aryl methyl sites for hydroxylation is 1. The number of oxime groups is 1. The van der Waals surface area contributed by atoms with E-state index < -0.39 is 0 Å². The van der Waals surface area contributed by atoms with Crippen LogP contribution in [0.15, 0.2) is 17.5 Å². The average molecular weight is 353 g/mol. The van der Waals surface area contributed by atoms with E-state index in [2.05, 4.69) is 22.5 Å². The van der Waals surface area contributed by atoms with Crippen LogP contribution in [0.2, 0.25) is 0 Å². The number of nitrogens with one attached hydrogen (secondary N) is 1. The molecule has 0 radical (unpaired) electrons. The summed E-state index contributed by atoms with van der Waals surface area (Å²) in [6.07, 6.45) is 14.7. The maximum absolute atomic E-state index is 6.00. The van der Waals surface area contributed by atoms with Gasteiger partial charge in [0.25, 0.3) is 0 Å². The normalized spacial score (nSPS) is 22.3. The zero-order valence-electron chi connectivity index (χ0n) is 15.5. The molecule has 138 valence electrons. The van der Waals surface area contributed by atoms with Crippen molar-refractivity contribution in [1.29, 1.82) is 0 Å². The number of nitrogens with zero attached hydrogens (tertiary/aromatic N) is 4. The lowest BCUT2D eigenvalue weighted by Crippen LogP contribution is -2.32. The predicted molar refractivity (Wildman–Crippen MR) is 103 cm³/mol. The van der Waals surface area contributed by atoms with Crippen molar-refractivity contribution in [2.75, 3.05) is 5.32 Å². The summed E-state index contributed by atoms with van der Waals surface area (Å²) in [6, 6.07) is 0.552. The minimum Gasteiger partial charge on any atom is -0.389 e. The van der Waals surface area contributed by atoms with Gasteiger partial charge in [-0.1, -0.05) is 11.6 Å². The molecular formula is C20H27N5O. The van der Waals surface area contributed by atoms with Crippen LogP contribution in [0.3, 0.4) is 0 Å². The third-order valence-corrected chi connectivity index (χ3v) is 6.33. The van der Waals surface area contributed by atoms with E-state index in [-0.39, 0.29) is 5.60 Å². The van der Waals surface area contributed by atoms with Gasteiger partial charge in [0.1, 0.15) is 5.60 Å². The fourth-order valence-corrected chi connectivity index (χ4v) is 4.52. The molecule has 26 heavy (non-hydrogen) atoms. The Morgan fingerprint density at radius 3 is 2.77 bits per heavy atom. The first-order valence-corrected chi connectivity index (χ1v) is 10.1. The van der Waals surface area contributed by atoms with E-state index in [0.717, 1.165) is 53.8 Å². The first-order chi connectivity index (χ1) is 12.8. The van der Waals surface area contributed by atoms with Gasteiger partial charge in [0, 0.05) is 30.8 Å². The lowest BCUT2D eigenvalue weighted by Gasteiger charge is -2.30. The highest BCUT2D eigenvalue weighted by Crippen LogP contribution is 2.41. The van der Waals surface area contributed by atoms with Crippen molar-refractivity contribution in [3.63, 3.8) is 0 Å². The summed E-state index contributed by atoms with van der Waals surface area (Å²) in [5.41, 5.74) is 4.18. The molecule has 2 saturated carbocycles. The summed E-state index contributed by atoms with van der Waals surface area (Å²) in [5, 5.41) is 13.9. The van der Waals surface area contributed by atoms with Gasteiger partial charge in [0.2, 0.25) is 0 Å². The molecule has 1 N–H and O–H groups in total. The van der Waals surface area contributed by atoms with Crippen LogP contribution in [0.25, 0.3) is 11.0 Å². The highest BCUT2D eigenvalue weighted by molar-refractivity contribution is 6.10. The van der Waals surface area contributed by atoms with Gasteiger partial charge in [0.15, 0.2) is 5.65 Å². The lowest BCUT2D eigenvalue weighted by atomic mass is 9.80. The Morgan fingerprint density at radius 1 is 1.19 bits per heavy atom. The zero-order chi connectivity index (χ0) is 17.6. The molecule has 0 amide bonds. The second-order valence-corrected chi connectivity index (χ2v) is 8.07. The molecule has 1 spiro atoms. The van der Waals surface area contributed by atoms with E-state index in [0.29, 0.717) is 6.04 Å². The first-order valence-electron chi connectivity index (χ1n) is 10.1. The van der Waals surface area contributed by atoms with Crippen LogP contribution in [0.1, 0.15) is 70.3 Å². The van der Waals surface area contributed by atoms with Crippen molar-refractivity contribution in [1.82, 2.24) is 14.8 Å². The maximum atomic E-state index is 6.00. The summed E-state index contributed by atoms with van der Waals surface area (Å²) in [6.45, 7) is 2.93. The molecule has 3 heterocycles. The Labute approximate surface area is 154 Å². The smallest absolute Gasteiger partial charge is 0.159 e. The topological polar surface area (TPSA) is 64.3 Å². The molecule has 1 aliphatic heterocycles. The van der Waals surface area contributed by atoms with Crippen LogP contribution in [-0.4, -0.2) is 32.1 Å². The summed E-state index contributed by atoms with van der Waals surface area (Å²) in [4.78, 5) is 10.7. The molecule has 2 aromatic rings. The Morgan fingerprint density at radius 2 is 2.04 bits per heavy atom. The number of fused-ring (bicyclic) bond motifs is 1. The van der Waals surface area contributed by atoms with Crippen LogP contribution < -0.4 is 5.32 Å². The van der Waals surface area contributed by atoms with Gasteiger partial charge < -0.3 is 10.2 Å². The van der Waals surface area contributed by atoms with E-state index in [9.17, 15) is 0 Å². The van der Waals surface area contributed by atoms with E-state index in [1.54, 1.807) is 0 Å². The fourth-order valence-electron chi connectivity index (χ4n) is 4.52. The second-order valence-electron chi connectivity index (χ2n) is 8.07. The van der Waals surface area contributed by atoms with Crippen molar-refractivity contribution in [2.45, 2.75) is 82.9 Å². The molecule has 2 aromatic heterocycles. The van der Waals surface area contributed by atoms with Crippen LogP contribution in [0, 0.1) is 0 Å². The number of hydrogen-bond acceptors (Lipinski definition) is 5. The average Bonchev–Trinajstić information content (AvgIpc) is 3.23. The lowest BCUT2D eigenvalue weighted by molar-refractivity contribution is -0.0449. The number of aromatic nitrogens is 3. The molecule has 0 bridgehead atoms. The predicted octanol–water partition coefficient (Wildman–Crippen LogP) is 4.24. The van der Waals surface area contributed by atoms with Gasteiger partial charge in [-0.3, -0.25) is 0 Å². The Balaban J connectivity index is 1.53. The number of hydrogen-bond donors (Lipinski definition) is 1. The van der Waals surface area contributed by atoms with Crippen molar-refractivity contribution in [3.05, 3.63) is 18.0 Å². The Kier molecular flexibility index (Phi) is 3.87.